The molecule has 7 heteroatoms. The minimum absolute atomic E-state index is 0.296. The molecular weight excluding hydrogens is 358 g/mol. The topological polar surface area (TPSA) is 79.9 Å². The van der Waals surface area contributed by atoms with Crippen LogP contribution >= 0.6 is 0 Å². The van der Waals surface area contributed by atoms with E-state index in [4.69, 9.17) is 9.47 Å². The summed E-state index contributed by atoms with van der Waals surface area (Å²) in [6.45, 7) is 7.89. The Morgan fingerprint density at radius 2 is 1.96 bits per heavy atom. The van der Waals surface area contributed by atoms with E-state index < -0.39 is 6.09 Å². The lowest BCUT2D eigenvalue weighted by molar-refractivity contribution is -0.111. The molecule has 7 nitrogen and oxygen atoms in total. The Bertz CT molecular complexity index is 697. The van der Waals surface area contributed by atoms with Crippen LogP contribution in [0.4, 0.5) is 16.2 Å². The Hall–Kier alpha value is -2.54. The number of nitrogens with zero attached hydrogens (tertiary/aromatic N) is 1. The number of nitrogens with one attached hydrogen (secondary N) is 2. The first kappa shape index (κ1) is 21.8. The van der Waals surface area contributed by atoms with Gasteiger partial charge in [-0.1, -0.05) is 19.9 Å². The van der Waals surface area contributed by atoms with Crippen LogP contribution in [-0.4, -0.2) is 50.8 Å². The lowest BCUT2D eigenvalue weighted by Crippen LogP contribution is -2.29. The number of carbonyl (C=O) groups excluding carboxylic acids is 2. The molecule has 1 aliphatic rings. The molecular formula is C21H31N3O4. The number of amides is 2. The van der Waals surface area contributed by atoms with Crippen molar-refractivity contribution in [2.24, 2.45) is 0 Å². The summed E-state index contributed by atoms with van der Waals surface area (Å²) in [5.74, 6) is 0.546. The smallest absolute Gasteiger partial charge is 0.411 e. The third-order valence-corrected chi connectivity index (χ3v) is 4.94. The maximum atomic E-state index is 12.1. The molecule has 1 aromatic rings. The zero-order chi connectivity index (χ0) is 20.5. The number of unbranched alkanes of at least 4 members (excludes halogenated alkanes) is 1. The summed E-state index contributed by atoms with van der Waals surface area (Å²) in [6.07, 6.45) is 4.42. The minimum Gasteiger partial charge on any atom is -0.495 e. The molecule has 1 saturated heterocycles. The standard InChI is InChI=1S/C21H31N3O4/c1-5-7-12-28-21(26)23-18-14-17(22-20(25)6-2)16(13-19(18)27-4)15-8-10-24(3)11-9-15/h6,13-15H,2,5,7-12H2,1,3-4H3,(H,22,25)(H,23,26). The van der Waals surface area contributed by atoms with Crippen molar-refractivity contribution in [3.8, 4) is 5.75 Å². The Balaban J connectivity index is 2.30. The fraction of sp³-hybridized carbons (Fsp3) is 0.524. The molecule has 0 bridgehead atoms. The molecule has 0 radical (unpaired) electrons. The number of ether oxygens (including phenoxy) is 2. The van der Waals surface area contributed by atoms with E-state index in [9.17, 15) is 9.59 Å². The molecule has 1 heterocycles. The molecule has 1 aromatic carbocycles. The zero-order valence-electron chi connectivity index (χ0n) is 17.0. The molecule has 2 rings (SSSR count). The van der Waals surface area contributed by atoms with Crippen LogP contribution in [0.15, 0.2) is 24.8 Å². The van der Waals surface area contributed by atoms with E-state index in [0.29, 0.717) is 29.6 Å². The van der Waals surface area contributed by atoms with Crippen LogP contribution < -0.4 is 15.4 Å². The number of hydrogen-bond acceptors (Lipinski definition) is 5. The first-order valence-electron chi connectivity index (χ1n) is 9.76. The van der Waals surface area contributed by atoms with Crippen molar-refractivity contribution in [3.05, 3.63) is 30.4 Å². The summed E-state index contributed by atoms with van der Waals surface area (Å²) in [5.41, 5.74) is 2.12. The van der Waals surface area contributed by atoms with E-state index >= 15 is 0 Å². The van der Waals surface area contributed by atoms with E-state index in [2.05, 4.69) is 29.2 Å². The molecule has 0 aliphatic carbocycles. The summed E-state index contributed by atoms with van der Waals surface area (Å²) in [6, 6.07) is 3.63. The second kappa shape index (κ2) is 10.7. The van der Waals surface area contributed by atoms with Gasteiger partial charge in [-0.2, -0.15) is 0 Å². The summed E-state index contributed by atoms with van der Waals surface area (Å²) in [5, 5.41) is 5.59. The molecule has 2 amide bonds. The third-order valence-electron chi connectivity index (χ3n) is 4.94. The van der Waals surface area contributed by atoms with Gasteiger partial charge in [0, 0.05) is 5.69 Å². The number of methoxy groups -OCH3 is 1. The van der Waals surface area contributed by atoms with Gasteiger partial charge in [0.25, 0.3) is 0 Å². The number of carbonyl (C=O) groups is 2. The van der Waals surface area contributed by atoms with Crippen LogP contribution in [0, 0.1) is 0 Å². The molecule has 0 aromatic heterocycles. The van der Waals surface area contributed by atoms with E-state index in [0.717, 1.165) is 44.3 Å². The highest BCUT2D eigenvalue weighted by Crippen LogP contribution is 2.39. The van der Waals surface area contributed by atoms with E-state index in [1.165, 1.54) is 6.08 Å². The fourth-order valence-corrected chi connectivity index (χ4v) is 3.27. The number of piperidine rings is 1. The van der Waals surface area contributed by atoms with Gasteiger partial charge >= 0.3 is 6.09 Å². The Morgan fingerprint density at radius 1 is 1.25 bits per heavy atom. The quantitative estimate of drug-likeness (QED) is 0.519. The van der Waals surface area contributed by atoms with Crippen LogP contribution in [0.3, 0.4) is 0 Å². The maximum absolute atomic E-state index is 12.1. The van der Waals surface area contributed by atoms with Crippen molar-refractivity contribution in [3.63, 3.8) is 0 Å². The van der Waals surface area contributed by atoms with Gasteiger partial charge in [-0.3, -0.25) is 10.1 Å². The van der Waals surface area contributed by atoms with Gasteiger partial charge in [0.1, 0.15) is 5.75 Å². The van der Waals surface area contributed by atoms with Crippen molar-refractivity contribution < 1.29 is 19.1 Å². The second-order valence-electron chi connectivity index (χ2n) is 7.03. The highest BCUT2D eigenvalue weighted by atomic mass is 16.5. The lowest BCUT2D eigenvalue weighted by Gasteiger charge is -2.31. The van der Waals surface area contributed by atoms with E-state index in [-0.39, 0.29) is 5.91 Å². The fourth-order valence-electron chi connectivity index (χ4n) is 3.27. The Labute approximate surface area is 167 Å². The molecule has 28 heavy (non-hydrogen) atoms. The normalized spacial score (nSPS) is 15.0. The first-order valence-corrected chi connectivity index (χ1v) is 9.76. The van der Waals surface area contributed by atoms with Gasteiger partial charge < -0.3 is 19.7 Å². The SMILES string of the molecule is C=CC(=O)Nc1cc(NC(=O)OCCCC)c(OC)cc1C1CCN(C)CC1. The van der Waals surface area contributed by atoms with Crippen molar-refractivity contribution >= 4 is 23.4 Å². The van der Waals surface area contributed by atoms with Crippen LogP contribution in [0.2, 0.25) is 0 Å². The highest BCUT2D eigenvalue weighted by Gasteiger charge is 2.24. The second-order valence-corrected chi connectivity index (χ2v) is 7.03. The molecule has 154 valence electrons. The number of benzene rings is 1. The van der Waals surface area contributed by atoms with Gasteiger partial charge in [-0.15, -0.1) is 0 Å². The average molecular weight is 389 g/mol. The average Bonchev–Trinajstić information content (AvgIpc) is 2.69. The van der Waals surface area contributed by atoms with Crippen molar-refractivity contribution in [2.45, 2.75) is 38.5 Å². The Kier molecular flexibility index (Phi) is 8.32. The molecule has 1 fully saturated rings. The van der Waals surface area contributed by atoms with Crippen LogP contribution in [0.1, 0.15) is 44.1 Å². The van der Waals surface area contributed by atoms with Gasteiger partial charge in [-0.25, -0.2) is 4.79 Å². The van der Waals surface area contributed by atoms with Crippen LogP contribution in [0.5, 0.6) is 5.75 Å². The summed E-state index contributed by atoms with van der Waals surface area (Å²) in [7, 11) is 3.66. The first-order chi connectivity index (χ1) is 13.5. The molecule has 0 unspecified atom stereocenters. The minimum atomic E-state index is -0.542. The summed E-state index contributed by atoms with van der Waals surface area (Å²) < 4.78 is 10.7. The molecule has 2 N–H and O–H groups in total. The third kappa shape index (κ3) is 5.99. The number of likely N-dealkylation sites (tertiary alicyclic amines) is 1. The van der Waals surface area contributed by atoms with E-state index in [1.807, 2.05) is 13.0 Å². The molecule has 0 saturated carbocycles. The highest BCUT2D eigenvalue weighted by molar-refractivity contribution is 6.00. The largest absolute Gasteiger partial charge is 0.495 e. The molecule has 0 spiro atoms. The molecule has 1 aliphatic heterocycles. The van der Waals surface area contributed by atoms with Gasteiger partial charge in [0.15, 0.2) is 0 Å². The molecule has 0 atom stereocenters. The van der Waals surface area contributed by atoms with Crippen molar-refractivity contribution in [2.75, 3.05) is 44.5 Å². The Morgan fingerprint density at radius 3 is 2.57 bits per heavy atom. The predicted octanol–water partition coefficient (Wildman–Crippen LogP) is 3.98. The zero-order valence-corrected chi connectivity index (χ0v) is 17.0. The monoisotopic (exact) mass is 389 g/mol. The number of anilines is 2. The lowest BCUT2D eigenvalue weighted by atomic mass is 9.88. The number of hydrogen-bond donors (Lipinski definition) is 2. The summed E-state index contributed by atoms with van der Waals surface area (Å²) in [4.78, 5) is 26.3. The summed E-state index contributed by atoms with van der Waals surface area (Å²) >= 11 is 0. The van der Waals surface area contributed by atoms with E-state index in [1.54, 1.807) is 13.2 Å². The van der Waals surface area contributed by atoms with Gasteiger partial charge in [-0.05, 0) is 69.1 Å². The van der Waals surface area contributed by atoms with Crippen molar-refractivity contribution in [1.29, 1.82) is 0 Å². The number of rotatable bonds is 8. The van der Waals surface area contributed by atoms with Gasteiger partial charge in [0.05, 0.1) is 19.4 Å². The van der Waals surface area contributed by atoms with Crippen LogP contribution in [0.25, 0.3) is 0 Å². The van der Waals surface area contributed by atoms with Crippen LogP contribution in [-0.2, 0) is 9.53 Å². The predicted molar refractivity (Wildman–Crippen MR) is 111 cm³/mol. The maximum Gasteiger partial charge on any atom is 0.411 e. The van der Waals surface area contributed by atoms with Gasteiger partial charge in [0.2, 0.25) is 5.91 Å². The van der Waals surface area contributed by atoms with Crippen molar-refractivity contribution in [1.82, 2.24) is 4.90 Å².